The summed E-state index contributed by atoms with van der Waals surface area (Å²) in [5, 5.41) is 0.652. The number of thioether (sulfide) groups is 1. The number of hydrogen-bond acceptors (Lipinski definition) is 5. The quantitative estimate of drug-likeness (QED) is 0.592. The van der Waals surface area contributed by atoms with E-state index in [-0.39, 0.29) is 29.7 Å². The Morgan fingerprint density at radius 3 is 2.65 bits per heavy atom. The van der Waals surface area contributed by atoms with Crippen molar-refractivity contribution in [3.05, 3.63) is 40.9 Å². The number of carbonyl (C=O) groups excluding carboxylic acids is 3. The van der Waals surface area contributed by atoms with E-state index in [0.717, 1.165) is 28.2 Å². The molecule has 0 N–H and O–H groups in total. The number of amides is 2. The SMILES string of the molecule is CCOC(=O)Cn1cc(/C=C2/SC(=O)N(C(C)C)C2=O)c2ccccc21. The molecule has 2 heterocycles. The highest BCUT2D eigenvalue weighted by atomic mass is 32.2. The minimum absolute atomic E-state index is 0.0929. The summed E-state index contributed by atoms with van der Waals surface area (Å²) in [5.41, 5.74) is 1.66. The van der Waals surface area contributed by atoms with Gasteiger partial charge in [-0.3, -0.25) is 19.3 Å². The molecule has 7 heteroatoms. The molecule has 1 saturated heterocycles. The van der Waals surface area contributed by atoms with E-state index in [1.54, 1.807) is 17.6 Å². The van der Waals surface area contributed by atoms with Gasteiger partial charge in [-0.05, 0) is 44.7 Å². The van der Waals surface area contributed by atoms with Crippen molar-refractivity contribution in [2.75, 3.05) is 6.61 Å². The smallest absolute Gasteiger partial charge is 0.325 e. The van der Waals surface area contributed by atoms with E-state index in [2.05, 4.69) is 0 Å². The van der Waals surface area contributed by atoms with Gasteiger partial charge in [-0.25, -0.2) is 0 Å². The molecule has 136 valence electrons. The predicted molar refractivity (Wildman–Crippen MR) is 102 cm³/mol. The summed E-state index contributed by atoms with van der Waals surface area (Å²) in [6.45, 7) is 5.81. The van der Waals surface area contributed by atoms with Crippen LogP contribution >= 0.6 is 11.8 Å². The number of nitrogens with zero attached hydrogens (tertiary/aromatic N) is 2. The average Bonchev–Trinajstić information content (AvgIpc) is 3.06. The summed E-state index contributed by atoms with van der Waals surface area (Å²) in [7, 11) is 0. The second kappa shape index (κ2) is 7.37. The number of fused-ring (bicyclic) bond motifs is 1. The fraction of sp³-hybridized carbons (Fsp3) is 0.316. The molecule has 1 aliphatic heterocycles. The number of imide groups is 1. The van der Waals surface area contributed by atoms with Crippen LogP contribution in [0.1, 0.15) is 26.3 Å². The standard InChI is InChI=1S/C19H20N2O4S/c1-4-25-17(22)11-20-10-13(14-7-5-6-8-15(14)20)9-16-18(23)21(12(2)3)19(24)26-16/h5-10,12H,4,11H2,1-3H3/b16-9+. The lowest BCUT2D eigenvalue weighted by Gasteiger charge is -2.16. The number of rotatable bonds is 5. The van der Waals surface area contributed by atoms with Gasteiger partial charge in [0.25, 0.3) is 11.1 Å². The van der Waals surface area contributed by atoms with Crippen LogP contribution < -0.4 is 0 Å². The number of benzene rings is 1. The van der Waals surface area contributed by atoms with Crippen molar-refractivity contribution in [2.45, 2.75) is 33.4 Å². The van der Waals surface area contributed by atoms with Crippen LogP contribution in [0.25, 0.3) is 17.0 Å². The number of para-hydroxylation sites is 1. The molecular weight excluding hydrogens is 352 g/mol. The van der Waals surface area contributed by atoms with Crippen molar-refractivity contribution >= 4 is 45.9 Å². The molecule has 2 amide bonds. The van der Waals surface area contributed by atoms with Crippen molar-refractivity contribution in [2.24, 2.45) is 0 Å². The molecule has 0 atom stereocenters. The van der Waals surface area contributed by atoms with E-state index >= 15 is 0 Å². The molecule has 2 aromatic rings. The van der Waals surface area contributed by atoms with Crippen molar-refractivity contribution < 1.29 is 19.1 Å². The largest absolute Gasteiger partial charge is 0.465 e. The number of carbonyl (C=O) groups is 3. The summed E-state index contributed by atoms with van der Waals surface area (Å²) in [6, 6.07) is 7.44. The Kier molecular flexibility index (Phi) is 5.18. The first kappa shape index (κ1) is 18.3. The Bertz CT molecular complexity index is 913. The lowest BCUT2D eigenvalue weighted by Crippen LogP contribution is -2.34. The maximum Gasteiger partial charge on any atom is 0.325 e. The maximum absolute atomic E-state index is 12.5. The molecule has 0 bridgehead atoms. The van der Waals surface area contributed by atoms with Crippen LogP contribution in [-0.4, -0.2) is 39.2 Å². The van der Waals surface area contributed by atoms with Crippen molar-refractivity contribution in [1.29, 1.82) is 0 Å². The topological polar surface area (TPSA) is 68.6 Å². The van der Waals surface area contributed by atoms with E-state index in [9.17, 15) is 14.4 Å². The zero-order chi connectivity index (χ0) is 18.8. The van der Waals surface area contributed by atoms with Crippen LogP contribution in [0.4, 0.5) is 4.79 Å². The highest BCUT2D eigenvalue weighted by Crippen LogP contribution is 2.35. The van der Waals surface area contributed by atoms with E-state index in [1.807, 2.05) is 44.3 Å². The third-order valence-electron chi connectivity index (χ3n) is 4.05. The van der Waals surface area contributed by atoms with E-state index in [4.69, 9.17) is 4.74 Å². The molecule has 1 aliphatic rings. The predicted octanol–water partition coefficient (Wildman–Crippen LogP) is 3.65. The summed E-state index contributed by atoms with van der Waals surface area (Å²) >= 11 is 0.942. The van der Waals surface area contributed by atoms with Crippen molar-refractivity contribution in [3.63, 3.8) is 0 Å². The second-order valence-corrected chi connectivity index (χ2v) is 7.17. The van der Waals surface area contributed by atoms with Crippen LogP contribution in [0.2, 0.25) is 0 Å². The van der Waals surface area contributed by atoms with Gasteiger partial charge in [-0.1, -0.05) is 18.2 Å². The Hall–Kier alpha value is -2.54. The minimum Gasteiger partial charge on any atom is -0.465 e. The van der Waals surface area contributed by atoms with Gasteiger partial charge in [-0.15, -0.1) is 0 Å². The molecule has 0 unspecified atom stereocenters. The third-order valence-corrected chi connectivity index (χ3v) is 4.93. The van der Waals surface area contributed by atoms with Crippen LogP contribution in [0, 0.1) is 0 Å². The molecule has 3 rings (SSSR count). The average molecular weight is 372 g/mol. The highest BCUT2D eigenvalue weighted by Gasteiger charge is 2.36. The van der Waals surface area contributed by atoms with Gasteiger partial charge >= 0.3 is 5.97 Å². The fourth-order valence-corrected chi connectivity index (χ4v) is 3.88. The number of esters is 1. The molecule has 6 nitrogen and oxygen atoms in total. The third kappa shape index (κ3) is 3.39. The summed E-state index contributed by atoms with van der Waals surface area (Å²) in [4.78, 5) is 38.1. The number of hydrogen-bond donors (Lipinski definition) is 0. The number of aromatic nitrogens is 1. The van der Waals surface area contributed by atoms with Gasteiger partial charge in [0, 0.05) is 28.7 Å². The molecule has 1 fully saturated rings. The van der Waals surface area contributed by atoms with Crippen LogP contribution in [0.15, 0.2) is 35.4 Å². The van der Waals surface area contributed by atoms with Crippen LogP contribution in [-0.2, 0) is 20.9 Å². The van der Waals surface area contributed by atoms with E-state index < -0.39 is 0 Å². The Labute approximate surface area is 155 Å². The Morgan fingerprint density at radius 2 is 2.00 bits per heavy atom. The summed E-state index contributed by atoms with van der Waals surface area (Å²) < 4.78 is 6.82. The molecular formula is C19H20N2O4S. The second-order valence-electron chi connectivity index (χ2n) is 6.18. The van der Waals surface area contributed by atoms with Gasteiger partial charge in [0.15, 0.2) is 0 Å². The van der Waals surface area contributed by atoms with Gasteiger partial charge < -0.3 is 9.30 Å². The van der Waals surface area contributed by atoms with Gasteiger partial charge in [-0.2, -0.15) is 0 Å². The van der Waals surface area contributed by atoms with E-state index in [0.29, 0.717) is 11.5 Å². The highest BCUT2D eigenvalue weighted by molar-refractivity contribution is 8.18. The van der Waals surface area contributed by atoms with Crippen molar-refractivity contribution in [1.82, 2.24) is 9.47 Å². The molecule has 26 heavy (non-hydrogen) atoms. The first-order valence-electron chi connectivity index (χ1n) is 8.43. The molecule has 0 radical (unpaired) electrons. The Balaban J connectivity index is 2.00. The monoisotopic (exact) mass is 372 g/mol. The molecule has 1 aromatic carbocycles. The molecule has 1 aromatic heterocycles. The van der Waals surface area contributed by atoms with Gasteiger partial charge in [0.05, 0.1) is 11.5 Å². The summed E-state index contributed by atoms with van der Waals surface area (Å²) in [6.07, 6.45) is 3.53. The molecule has 0 saturated carbocycles. The summed E-state index contributed by atoms with van der Waals surface area (Å²) in [5.74, 6) is -0.600. The lowest BCUT2D eigenvalue weighted by molar-refractivity contribution is -0.143. The zero-order valence-corrected chi connectivity index (χ0v) is 15.7. The van der Waals surface area contributed by atoms with Gasteiger partial charge in [0.2, 0.25) is 0 Å². The first-order valence-corrected chi connectivity index (χ1v) is 9.24. The normalized spacial score (nSPS) is 16.3. The number of ether oxygens (including phenoxy) is 1. The molecule has 0 aliphatic carbocycles. The van der Waals surface area contributed by atoms with Crippen molar-refractivity contribution in [3.8, 4) is 0 Å². The maximum atomic E-state index is 12.5. The fourth-order valence-electron chi connectivity index (χ4n) is 2.93. The zero-order valence-electron chi connectivity index (χ0n) is 14.9. The van der Waals surface area contributed by atoms with E-state index in [1.165, 1.54) is 4.90 Å². The first-order chi connectivity index (χ1) is 12.4. The van der Waals surface area contributed by atoms with Gasteiger partial charge in [0.1, 0.15) is 6.54 Å². The minimum atomic E-state index is -0.320. The molecule has 0 spiro atoms. The lowest BCUT2D eigenvalue weighted by atomic mass is 10.1. The van der Waals surface area contributed by atoms with Crippen LogP contribution in [0.5, 0.6) is 0 Å². The van der Waals surface area contributed by atoms with Crippen LogP contribution in [0.3, 0.4) is 0 Å². The Morgan fingerprint density at radius 1 is 1.27 bits per heavy atom.